The van der Waals surface area contributed by atoms with E-state index in [9.17, 15) is 0 Å². The van der Waals surface area contributed by atoms with E-state index in [2.05, 4.69) is 44.8 Å². The lowest BCUT2D eigenvalue weighted by atomic mass is 9.87. The predicted molar refractivity (Wildman–Crippen MR) is 114 cm³/mol. The zero-order chi connectivity index (χ0) is 19.8. The second kappa shape index (κ2) is 7.72. The molecule has 7 heteroatoms. The van der Waals surface area contributed by atoms with E-state index in [0.717, 1.165) is 61.1 Å². The summed E-state index contributed by atoms with van der Waals surface area (Å²) < 4.78 is 7.42. The molecular formula is C22H28N6O. The molecule has 3 aromatic rings. The minimum Gasteiger partial charge on any atom is -0.379 e. The largest absolute Gasteiger partial charge is 0.379 e. The third-order valence-corrected chi connectivity index (χ3v) is 6.06. The summed E-state index contributed by atoms with van der Waals surface area (Å²) in [6, 6.07) is 6.88. The van der Waals surface area contributed by atoms with Gasteiger partial charge in [-0.05, 0) is 75.4 Å². The number of piperidine rings is 1. The molecule has 5 rings (SSSR count). The first kappa shape index (κ1) is 18.5. The molecule has 4 heterocycles. The Labute approximate surface area is 170 Å². The molecule has 0 bridgehead atoms. The molecule has 2 saturated heterocycles. The number of anilines is 1. The highest BCUT2D eigenvalue weighted by atomic mass is 16.5. The fourth-order valence-corrected chi connectivity index (χ4v) is 4.55. The number of ether oxygens (including phenoxy) is 1. The Morgan fingerprint density at radius 3 is 2.76 bits per heavy atom. The molecule has 2 fully saturated rings. The first-order valence-electron chi connectivity index (χ1n) is 10.6. The summed E-state index contributed by atoms with van der Waals surface area (Å²) in [6.45, 7) is 7.85. The van der Waals surface area contributed by atoms with Gasteiger partial charge in [0.15, 0.2) is 5.82 Å². The molecule has 7 nitrogen and oxygen atoms in total. The van der Waals surface area contributed by atoms with E-state index < -0.39 is 0 Å². The van der Waals surface area contributed by atoms with Crippen molar-refractivity contribution in [2.45, 2.75) is 45.1 Å². The Bertz CT molecular complexity index is 1020. The fraction of sp³-hybridized carbons (Fsp3) is 0.500. The minimum atomic E-state index is 0.306. The van der Waals surface area contributed by atoms with Crippen molar-refractivity contribution < 1.29 is 4.74 Å². The predicted octanol–water partition coefficient (Wildman–Crippen LogP) is 3.10. The average molecular weight is 393 g/mol. The van der Waals surface area contributed by atoms with Crippen LogP contribution in [0, 0.1) is 13.8 Å². The number of aromatic nitrogens is 4. The Kier molecular flexibility index (Phi) is 4.93. The molecule has 2 aromatic heterocycles. The zero-order valence-corrected chi connectivity index (χ0v) is 17.1. The van der Waals surface area contributed by atoms with Gasteiger partial charge < -0.3 is 15.4 Å². The summed E-state index contributed by atoms with van der Waals surface area (Å²) in [5, 5.41) is 12.8. The van der Waals surface area contributed by atoms with Crippen molar-refractivity contribution in [3.8, 4) is 5.82 Å². The van der Waals surface area contributed by atoms with E-state index in [1.165, 1.54) is 24.0 Å². The number of aryl methyl sites for hydroxylation is 2. The highest BCUT2D eigenvalue weighted by molar-refractivity contribution is 5.82. The van der Waals surface area contributed by atoms with Crippen LogP contribution in [0.5, 0.6) is 0 Å². The molecule has 2 aliphatic heterocycles. The Morgan fingerprint density at radius 1 is 1.10 bits per heavy atom. The molecule has 0 saturated carbocycles. The standard InChI is InChI=1S/C22H28N6O/c1-14-9-17-12-24-28(20(17)10-19(14)16-3-6-23-7-4-16)22-11-21(25-15(2)26-22)27-18-5-8-29-13-18/h9-12,16,18,23H,3-8,13H2,1-2H3,(H,25,26,27)/t18-/m1/s1. The number of fused-ring (bicyclic) bond motifs is 1. The van der Waals surface area contributed by atoms with Gasteiger partial charge in [0.1, 0.15) is 11.6 Å². The molecule has 0 amide bonds. The van der Waals surface area contributed by atoms with Crippen LogP contribution in [0.15, 0.2) is 24.4 Å². The van der Waals surface area contributed by atoms with Crippen LogP contribution >= 0.6 is 0 Å². The fourth-order valence-electron chi connectivity index (χ4n) is 4.55. The maximum absolute atomic E-state index is 5.47. The van der Waals surface area contributed by atoms with Crippen LogP contribution in [0.2, 0.25) is 0 Å². The Balaban J connectivity index is 1.53. The smallest absolute Gasteiger partial charge is 0.159 e. The molecule has 0 aliphatic carbocycles. The van der Waals surface area contributed by atoms with E-state index in [1.807, 2.05) is 23.9 Å². The van der Waals surface area contributed by atoms with Crippen LogP contribution in [-0.2, 0) is 4.74 Å². The molecule has 152 valence electrons. The first-order valence-corrected chi connectivity index (χ1v) is 10.6. The topological polar surface area (TPSA) is 76.9 Å². The SMILES string of the molecule is Cc1nc(N[C@@H]2CCOC2)cc(-n2ncc3cc(C)c(C4CCNCC4)cc32)n1. The molecule has 2 N–H and O–H groups in total. The quantitative estimate of drug-likeness (QED) is 0.711. The molecular weight excluding hydrogens is 364 g/mol. The molecule has 2 aliphatic rings. The maximum atomic E-state index is 5.47. The van der Waals surface area contributed by atoms with Crippen molar-refractivity contribution in [3.63, 3.8) is 0 Å². The summed E-state index contributed by atoms with van der Waals surface area (Å²) in [7, 11) is 0. The normalized spacial score (nSPS) is 20.4. The minimum absolute atomic E-state index is 0.306. The van der Waals surface area contributed by atoms with Crippen molar-refractivity contribution in [2.75, 3.05) is 31.6 Å². The summed E-state index contributed by atoms with van der Waals surface area (Å²) >= 11 is 0. The number of benzene rings is 1. The van der Waals surface area contributed by atoms with Crippen molar-refractivity contribution in [1.82, 2.24) is 25.1 Å². The number of hydrogen-bond acceptors (Lipinski definition) is 6. The summed E-state index contributed by atoms with van der Waals surface area (Å²) in [6.07, 6.45) is 5.31. The lowest BCUT2D eigenvalue weighted by Gasteiger charge is -2.24. The van der Waals surface area contributed by atoms with Crippen LogP contribution in [-0.4, -0.2) is 52.1 Å². The number of hydrogen-bond donors (Lipinski definition) is 2. The second-order valence-corrected chi connectivity index (χ2v) is 8.21. The molecule has 1 atom stereocenters. The van der Waals surface area contributed by atoms with Gasteiger partial charge in [0.2, 0.25) is 0 Å². The molecule has 1 aromatic carbocycles. The van der Waals surface area contributed by atoms with E-state index in [-0.39, 0.29) is 0 Å². The molecule has 29 heavy (non-hydrogen) atoms. The van der Waals surface area contributed by atoms with Gasteiger partial charge in [0.25, 0.3) is 0 Å². The Hall–Kier alpha value is -2.51. The average Bonchev–Trinajstić information content (AvgIpc) is 3.37. The van der Waals surface area contributed by atoms with Crippen LogP contribution in [0.4, 0.5) is 5.82 Å². The van der Waals surface area contributed by atoms with Crippen LogP contribution < -0.4 is 10.6 Å². The maximum Gasteiger partial charge on any atom is 0.159 e. The second-order valence-electron chi connectivity index (χ2n) is 8.21. The number of nitrogens with zero attached hydrogens (tertiary/aromatic N) is 4. The third-order valence-electron chi connectivity index (χ3n) is 6.06. The van der Waals surface area contributed by atoms with Crippen LogP contribution in [0.25, 0.3) is 16.7 Å². The van der Waals surface area contributed by atoms with Gasteiger partial charge in [-0.1, -0.05) is 0 Å². The van der Waals surface area contributed by atoms with Crippen molar-refractivity contribution >= 4 is 16.7 Å². The van der Waals surface area contributed by atoms with E-state index >= 15 is 0 Å². The number of rotatable bonds is 4. The van der Waals surface area contributed by atoms with E-state index in [0.29, 0.717) is 12.0 Å². The monoisotopic (exact) mass is 392 g/mol. The molecule has 0 spiro atoms. The van der Waals surface area contributed by atoms with E-state index in [4.69, 9.17) is 4.74 Å². The van der Waals surface area contributed by atoms with Gasteiger partial charge in [-0.25, -0.2) is 14.6 Å². The van der Waals surface area contributed by atoms with Gasteiger partial charge in [0, 0.05) is 18.1 Å². The van der Waals surface area contributed by atoms with Gasteiger partial charge in [-0.2, -0.15) is 5.10 Å². The van der Waals surface area contributed by atoms with Crippen LogP contribution in [0.3, 0.4) is 0 Å². The Morgan fingerprint density at radius 2 is 1.97 bits per heavy atom. The molecule has 0 radical (unpaired) electrons. The van der Waals surface area contributed by atoms with Gasteiger partial charge in [0.05, 0.1) is 24.4 Å². The lowest BCUT2D eigenvalue weighted by molar-refractivity contribution is 0.195. The van der Waals surface area contributed by atoms with Crippen molar-refractivity contribution in [3.05, 3.63) is 41.3 Å². The van der Waals surface area contributed by atoms with E-state index in [1.54, 1.807) is 0 Å². The summed E-state index contributed by atoms with van der Waals surface area (Å²) in [5.41, 5.74) is 3.90. The van der Waals surface area contributed by atoms with Gasteiger partial charge >= 0.3 is 0 Å². The number of nitrogens with one attached hydrogen (secondary N) is 2. The zero-order valence-electron chi connectivity index (χ0n) is 17.1. The van der Waals surface area contributed by atoms with Gasteiger partial charge in [-0.15, -0.1) is 0 Å². The third kappa shape index (κ3) is 3.72. The highest BCUT2D eigenvalue weighted by Gasteiger charge is 2.20. The summed E-state index contributed by atoms with van der Waals surface area (Å²) in [5.74, 6) is 2.97. The van der Waals surface area contributed by atoms with Gasteiger partial charge in [-0.3, -0.25) is 0 Å². The lowest BCUT2D eigenvalue weighted by Crippen LogP contribution is -2.27. The van der Waals surface area contributed by atoms with Crippen molar-refractivity contribution in [1.29, 1.82) is 0 Å². The first-order chi connectivity index (χ1) is 14.2. The summed E-state index contributed by atoms with van der Waals surface area (Å²) in [4.78, 5) is 9.24. The molecule has 0 unspecified atom stereocenters. The van der Waals surface area contributed by atoms with Crippen molar-refractivity contribution in [2.24, 2.45) is 0 Å². The van der Waals surface area contributed by atoms with Crippen LogP contribution in [0.1, 0.15) is 42.1 Å². The highest BCUT2D eigenvalue weighted by Crippen LogP contribution is 2.32.